The number of fused-ring (bicyclic) bond motifs is 1. The number of rotatable bonds is 12. The van der Waals surface area contributed by atoms with Gasteiger partial charge in [-0.25, -0.2) is 9.78 Å². The van der Waals surface area contributed by atoms with Crippen LogP contribution >= 0.6 is 0 Å². The molecule has 2 rings (SSSR count). The largest absolute Gasteiger partial charge is 0.534 e. The van der Waals surface area contributed by atoms with E-state index in [0.29, 0.717) is 13.2 Å². The number of likely N-dealkylation sites (N-methyl/N-ethyl adjacent to an activating group) is 2. The van der Waals surface area contributed by atoms with Crippen LogP contribution in [0, 0.1) is 0 Å². The Hall–Kier alpha value is -2.43. The molecule has 204 valence electrons. The van der Waals surface area contributed by atoms with Gasteiger partial charge >= 0.3 is 21.6 Å². The van der Waals surface area contributed by atoms with Crippen molar-refractivity contribution >= 4 is 41.0 Å². The van der Waals surface area contributed by atoms with Crippen LogP contribution in [0.4, 0.5) is 19.0 Å². The molecule has 16 heteroatoms. The lowest BCUT2D eigenvalue weighted by molar-refractivity contribution is -0.0501. The van der Waals surface area contributed by atoms with Gasteiger partial charge < -0.3 is 28.4 Å². The Labute approximate surface area is 209 Å². The first-order valence-electron chi connectivity index (χ1n) is 10.9. The summed E-state index contributed by atoms with van der Waals surface area (Å²) >= 11 is 0. The highest BCUT2D eigenvalue weighted by Gasteiger charge is 2.49. The number of nitrogens with one attached hydrogen (secondary N) is 1. The molecule has 0 saturated carbocycles. The van der Waals surface area contributed by atoms with Crippen LogP contribution in [0.1, 0.15) is 16.2 Å². The van der Waals surface area contributed by atoms with E-state index in [4.69, 9.17) is 9.47 Å². The number of esters is 1. The van der Waals surface area contributed by atoms with E-state index < -0.39 is 35.5 Å². The second-order valence-corrected chi connectivity index (χ2v) is 16.7. The standard InChI is InChI=1S/C20H32F3N5O6SSi/c1-27(2)8-9-28(3)17-14(19(29)32-4)15-16(18(26-17)34-35(30,31)20(21,22)23)25-13(24-15)12-33-10-11-36(5,6)7/h8-12H2,1-7H3,(H,24,25). The summed E-state index contributed by atoms with van der Waals surface area (Å²) in [6.07, 6.45) is 0. The summed E-state index contributed by atoms with van der Waals surface area (Å²) in [6.45, 7) is 7.67. The third kappa shape index (κ3) is 7.53. The van der Waals surface area contributed by atoms with Gasteiger partial charge in [-0.15, -0.1) is 0 Å². The zero-order valence-corrected chi connectivity index (χ0v) is 23.1. The maximum absolute atomic E-state index is 13.1. The SMILES string of the molecule is COC(=O)c1c(N(C)CCN(C)C)nc(OS(=O)(=O)C(F)(F)F)c2[nH]c(COCC[Si](C)(C)C)nc12. The summed E-state index contributed by atoms with van der Waals surface area (Å²) in [7, 11) is -1.15. The normalized spacial score (nSPS) is 12.9. The Kier molecular flexibility index (Phi) is 9.36. The lowest BCUT2D eigenvalue weighted by Crippen LogP contribution is -2.31. The number of aromatic nitrogens is 3. The molecule has 11 nitrogen and oxygen atoms in total. The average Bonchev–Trinajstić information content (AvgIpc) is 3.16. The molecule has 0 radical (unpaired) electrons. The molecule has 0 unspecified atom stereocenters. The first-order valence-corrected chi connectivity index (χ1v) is 16.0. The van der Waals surface area contributed by atoms with Crippen molar-refractivity contribution in [3.8, 4) is 5.88 Å². The minimum atomic E-state index is -6.06. The molecule has 2 aromatic heterocycles. The number of aromatic amines is 1. The minimum absolute atomic E-state index is 0.0585. The summed E-state index contributed by atoms with van der Waals surface area (Å²) in [5.74, 6) is -1.76. The lowest BCUT2D eigenvalue weighted by Gasteiger charge is -2.23. The number of H-pyrrole nitrogens is 1. The number of anilines is 1. The fraction of sp³-hybridized carbons (Fsp3) is 0.650. The van der Waals surface area contributed by atoms with Crippen LogP contribution in [0.5, 0.6) is 5.88 Å². The van der Waals surface area contributed by atoms with Gasteiger partial charge in [-0.05, 0) is 20.1 Å². The third-order valence-electron chi connectivity index (χ3n) is 4.98. The quantitative estimate of drug-likeness (QED) is 0.137. The van der Waals surface area contributed by atoms with Gasteiger partial charge in [-0.3, -0.25) is 0 Å². The van der Waals surface area contributed by atoms with E-state index in [9.17, 15) is 26.4 Å². The lowest BCUT2D eigenvalue weighted by atomic mass is 10.2. The van der Waals surface area contributed by atoms with E-state index >= 15 is 0 Å². The van der Waals surface area contributed by atoms with Crippen LogP contribution in [-0.2, 0) is 26.2 Å². The van der Waals surface area contributed by atoms with E-state index in [-0.39, 0.29) is 41.4 Å². The van der Waals surface area contributed by atoms with Gasteiger partial charge in [0.25, 0.3) is 5.88 Å². The number of nitrogens with zero attached hydrogens (tertiary/aromatic N) is 4. The van der Waals surface area contributed by atoms with Crippen LogP contribution in [0.2, 0.25) is 25.7 Å². The molecule has 0 amide bonds. The smallest absolute Gasteiger partial charge is 0.465 e. The van der Waals surface area contributed by atoms with E-state index in [1.165, 1.54) is 4.90 Å². The fourth-order valence-electron chi connectivity index (χ4n) is 2.92. The van der Waals surface area contributed by atoms with Gasteiger partial charge in [0.05, 0.1) is 7.11 Å². The maximum atomic E-state index is 13.1. The van der Waals surface area contributed by atoms with Crippen molar-refractivity contribution in [3.63, 3.8) is 0 Å². The van der Waals surface area contributed by atoms with E-state index in [1.807, 2.05) is 4.90 Å². The Morgan fingerprint density at radius 2 is 1.75 bits per heavy atom. The molecule has 0 saturated heterocycles. The second kappa shape index (κ2) is 11.3. The molecular weight excluding hydrogens is 523 g/mol. The van der Waals surface area contributed by atoms with Crippen molar-refractivity contribution in [2.75, 3.05) is 52.8 Å². The summed E-state index contributed by atoms with van der Waals surface area (Å²) in [6, 6.07) is 0.862. The molecule has 0 spiro atoms. The zero-order valence-electron chi connectivity index (χ0n) is 21.3. The van der Waals surface area contributed by atoms with Crippen molar-refractivity contribution in [2.24, 2.45) is 0 Å². The number of methoxy groups -OCH3 is 1. The summed E-state index contributed by atoms with van der Waals surface area (Å²) in [5.41, 5.74) is -6.31. The molecule has 0 aromatic carbocycles. The number of hydrogen-bond donors (Lipinski definition) is 1. The molecule has 0 atom stereocenters. The maximum Gasteiger partial charge on any atom is 0.534 e. The van der Waals surface area contributed by atoms with Crippen molar-refractivity contribution in [1.29, 1.82) is 0 Å². The molecule has 2 aromatic rings. The number of carbonyl (C=O) groups excluding carboxylic acids is 1. The summed E-state index contributed by atoms with van der Waals surface area (Å²) in [4.78, 5) is 27.0. The second-order valence-electron chi connectivity index (χ2n) is 9.59. The zero-order chi connectivity index (χ0) is 27.5. The van der Waals surface area contributed by atoms with Crippen LogP contribution < -0.4 is 9.08 Å². The highest BCUT2D eigenvalue weighted by molar-refractivity contribution is 7.88. The number of ether oxygens (including phenoxy) is 2. The Morgan fingerprint density at radius 1 is 1.11 bits per heavy atom. The average molecular weight is 556 g/mol. The monoisotopic (exact) mass is 555 g/mol. The van der Waals surface area contributed by atoms with Crippen molar-refractivity contribution in [1.82, 2.24) is 19.9 Å². The summed E-state index contributed by atoms with van der Waals surface area (Å²) in [5, 5.41) is 0. The Morgan fingerprint density at radius 3 is 2.28 bits per heavy atom. The molecule has 1 N–H and O–H groups in total. The number of halogens is 3. The van der Waals surface area contributed by atoms with Crippen LogP contribution in [-0.4, -0.2) is 95.8 Å². The highest BCUT2D eigenvalue weighted by Crippen LogP contribution is 2.35. The van der Waals surface area contributed by atoms with E-state index in [2.05, 4.69) is 38.8 Å². The van der Waals surface area contributed by atoms with Gasteiger partial charge in [0.15, 0.2) is 0 Å². The van der Waals surface area contributed by atoms with Crippen LogP contribution in [0.15, 0.2) is 0 Å². The van der Waals surface area contributed by atoms with Gasteiger partial charge in [-0.1, -0.05) is 19.6 Å². The predicted molar refractivity (Wildman–Crippen MR) is 130 cm³/mol. The number of pyridine rings is 1. The number of carbonyl (C=O) groups is 1. The van der Waals surface area contributed by atoms with Crippen molar-refractivity contribution < 1.29 is 40.0 Å². The van der Waals surface area contributed by atoms with Gasteiger partial charge in [-0.2, -0.15) is 26.6 Å². The molecule has 0 bridgehead atoms. The number of alkyl halides is 3. The highest BCUT2D eigenvalue weighted by atomic mass is 32.2. The van der Waals surface area contributed by atoms with Gasteiger partial charge in [0.1, 0.15) is 34.8 Å². The molecule has 36 heavy (non-hydrogen) atoms. The third-order valence-corrected chi connectivity index (χ3v) is 7.62. The van der Waals surface area contributed by atoms with Crippen molar-refractivity contribution in [3.05, 3.63) is 11.4 Å². The van der Waals surface area contributed by atoms with E-state index in [0.717, 1.165) is 13.2 Å². The molecule has 0 aliphatic carbocycles. The molecule has 0 aliphatic heterocycles. The Balaban J connectivity index is 2.65. The molecular formula is C20H32F3N5O6SSi. The minimum Gasteiger partial charge on any atom is -0.465 e. The summed E-state index contributed by atoms with van der Waals surface area (Å²) < 4.78 is 77.7. The van der Waals surface area contributed by atoms with Gasteiger partial charge in [0, 0.05) is 34.8 Å². The molecule has 0 fully saturated rings. The predicted octanol–water partition coefficient (Wildman–Crippen LogP) is 2.83. The fourth-order valence-corrected chi connectivity index (χ4v) is 4.10. The Bertz CT molecular complexity index is 1180. The topological polar surface area (TPSA) is 127 Å². The van der Waals surface area contributed by atoms with Crippen LogP contribution in [0.25, 0.3) is 11.0 Å². The number of imidazole rings is 1. The van der Waals surface area contributed by atoms with E-state index in [1.54, 1.807) is 21.1 Å². The van der Waals surface area contributed by atoms with Crippen LogP contribution in [0.3, 0.4) is 0 Å². The first kappa shape index (κ1) is 29.8. The van der Waals surface area contributed by atoms with Gasteiger partial charge in [0.2, 0.25) is 0 Å². The molecule has 2 heterocycles. The molecule has 0 aliphatic rings. The first-order chi connectivity index (χ1) is 16.5. The van der Waals surface area contributed by atoms with Crippen molar-refractivity contribution in [2.45, 2.75) is 37.8 Å². The number of hydrogen-bond acceptors (Lipinski definition) is 10.